The monoisotopic (exact) mass is 369 g/mol. The van der Waals surface area contributed by atoms with Crippen LogP contribution in [0.3, 0.4) is 0 Å². The first kappa shape index (κ1) is 19.1. The number of pyridine rings is 1. The number of fused-ring (bicyclic) bond motifs is 1. The van der Waals surface area contributed by atoms with Crippen molar-refractivity contribution in [3.63, 3.8) is 0 Å². The van der Waals surface area contributed by atoms with Crippen molar-refractivity contribution in [1.82, 2.24) is 20.1 Å². The molecular formula is C20H27N5O2. The molecule has 0 saturated heterocycles. The molecule has 27 heavy (non-hydrogen) atoms. The van der Waals surface area contributed by atoms with Crippen LogP contribution in [0.5, 0.6) is 0 Å². The highest BCUT2D eigenvalue weighted by molar-refractivity contribution is 5.79. The van der Waals surface area contributed by atoms with E-state index in [1.54, 1.807) is 19.2 Å². The Morgan fingerprint density at radius 3 is 2.74 bits per heavy atom. The molecule has 0 aliphatic heterocycles. The molecule has 0 aromatic carbocycles. The molecule has 1 N–H and O–H groups in total. The lowest BCUT2D eigenvalue weighted by atomic mass is 10.2. The van der Waals surface area contributed by atoms with Gasteiger partial charge in [0.15, 0.2) is 0 Å². The number of nitrogens with one attached hydrogen (secondary N) is 1. The summed E-state index contributed by atoms with van der Waals surface area (Å²) in [4.78, 5) is 31.4. The molecule has 7 nitrogen and oxygen atoms in total. The first-order chi connectivity index (χ1) is 13.0. The molecule has 0 bridgehead atoms. The van der Waals surface area contributed by atoms with Gasteiger partial charge in [-0.15, -0.1) is 0 Å². The largest absolute Gasteiger partial charge is 0.357 e. The zero-order chi connectivity index (χ0) is 19.4. The lowest BCUT2D eigenvalue weighted by molar-refractivity contribution is -0.124. The van der Waals surface area contributed by atoms with Crippen LogP contribution >= 0.6 is 0 Å². The van der Waals surface area contributed by atoms with Crippen molar-refractivity contribution in [2.75, 3.05) is 18.0 Å². The van der Waals surface area contributed by atoms with Gasteiger partial charge in [-0.25, -0.2) is 9.67 Å². The fourth-order valence-corrected chi connectivity index (χ4v) is 3.40. The van der Waals surface area contributed by atoms with Crippen molar-refractivity contribution in [3.8, 4) is 0 Å². The van der Waals surface area contributed by atoms with Gasteiger partial charge in [-0.2, -0.15) is 5.10 Å². The number of rotatable bonds is 7. The summed E-state index contributed by atoms with van der Waals surface area (Å²) in [5.41, 5.74) is 2.65. The van der Waals surface area contributed by atoms with Crippen molar-refractivity contribution in [2.45, 2.75) is 52.6 Å². The number of aromatic nitrogens is 3. The molecule has 7 heteroatoms. The Labute approximate surface area is 159 Å². The highest BCUT2D eigenvalue weighted by atomic mass is 16.2. The van der Waals surface area contributed by atoms with E-state index in [-0.39, 0.29) is 11.5 Å². The zero-order valence-electron chi connectivity index (χ0n) is 16.2. The minimum absolute atomic E-state index is 0.219. The van der Waals surface area contributed by atoms with E-state index in [1.807, 2.05) is 12.1 Å². The van der Waals surface area contributed by atoms with E-state index in [1.165, 1.54) is 4.68 Å². The van der Waals surface area contributed by atoms with Crippen LogP contribution in [-0.2, 0) is 24.2 Å². The first-order valence-electron chi connectivity index (χ1n) is 9.62. The molecule has 1 unspecified atom stereocenters. The lowest BCUT2D eigenvalue weighted by Gasteiger charge is -2.19. The number of hydrogen-bond donors (Lipinski definition) is 1. The fourth-order valence-electron chi connectivity index (χ4n) is 3.40. The predicted molar refractivity (Wildman–Crippen MR) is 105 cm³/mol. The quantitative estimate of drug-likeness (QED) is 0.806. The van der Waals surface area contributed by atoms with E-state index in [0.29, 0.717) is 6.54 Å². The highest BCUT2D eigenvalue weighted by Crippen LogP contribution is 2.18. The molecule has 1 aliphatic carbocycles. The zero-order valence-corrected chi connectivity index (χ0v) is 16.2. The second kappa shape index (κ2) is 8.33. The van der Waals surface area contributed by atoms with Gasteiger partial charge in [-0.05, 0) is 57.2 Å². The van der Waals surface area contributed by atoms with E-state index >= 15 is 0 Å². The lowest BCUT2D eigenvalue weighted by Crippen LogP contribution is -2.37. The summed E-state index contributed by atoms with van der Waals surface area (Å²) in [5.74, 6) is 0.702. The van der Waals surface area contributed by atoms with Crippen LogP contribution in [0, 0.1) is 0 Å². The number of carbonyl (C=O) groups excluding carboxylic acids is 1. The van der Waals surface area contributed by atoms with Crippen LogP contribution in [0.1, 0.15) is 50.1 Å². The summed E-state index contributed by atoms with van der Waals surface area (Å²) in [6.07, 6.45) is 4.56. The molecule has 2 heterocycles. The number of anilines is 1. The molecule has 144 valence electrons. The van der Waals surface area contributed by atoms with E-state index in [0.717, 1.165) is 55.0 Å². The second-order valence-corrected chi connectivity index (χ2v) is 6.84. The fraction of sp³-hybridized carbons (Fsp3) is 0.500. The van der Waals surface area contributed by atoms with Crippen molar-refractivity contribution >= 4 is 11.7 Å². The normalized spacial score (nSPS) is 13.9. The van der Waals surface area contributed by atoms with Gasteiger partial charge in [0.25, 0.3) is 5.56 Å². The van der Waals surface area contributed by atoms with Gasteiger partial charge in [0.1, 0.15) is 11.9 Å². The van der Waals surface area contributed by atoms with Crippen molar-refractivity contribution in [3.05, 3.63) is 51.6 Å². The van der Waals surface area contributed by atoms with E-state index in [4.69, 9.17) is 0 Å². The third-order valence-electron chi connectivity index (χ3n) is 5.09. The molecular weight excluding hydrogens is 342 g/mol. The molecule has 1 amide bonds. The standard InChI is InChI=1S/C20H27N5O2/c1-4-24(5-2)18-10-9-15(12-21-18)13-22-20(27)14(3)25-19(26)11-16-7-6-8-17(16)23-25/h9-12,14H,4-8,13H2,1-3H3,(H,22,27). The molecule has 1 aliphatic rings. The minimum atomic E-state index is -0.647. The van der Waals surface area contributed by atoms with Crippen LogP contribution in [-0.4, -0.2) is 33.8 Å². The SMILES string of the molecule is CCN(CC)c1ccc(CNC(=O)C(C)n2nc3c(cc2=O)CCC3)cn1. The Balaban J connectivity index is 1.63. The van der Waals surface area contributed by atoms with E-state index in [2.05, 4.69) is 34.1 Å². The highest BCUT2D eigenvalue weighted by Gasteiger charge is 2.21. The Morgan fingerprint density at radius 1 is 1.30 bits per heavy atom. The average molecular weight is 369 g/mol. The topological polar surface area (TPSA) is 80.1 Å². The summed E-state index contributed by atoms with van der Waals surface area (Å²) in [6, 6.07) is 4.90. The molecule has 0 saturated carbocycles. The summed E-state index contributed by atoms with van der Waals surface area (Å²) < 4.78 is 1.29. The third kappa shape index (κ3) is 4.18. The third-order valence-corrected chi connectivity index (χ3v) is 5.09. The smallest absolute Gasteiger partial charge is 0.267 e. The van der Waals surface area contributed by atoms with Crippen molar-refractivity contribution < 1.29 is 4.79 Å². The summed E-state index contributed by atoms with van der Waals surface area (Å²) in [6.45, 7) is 8.06. The minimum Gasteiger partial charge on any atom is -0.357 e. The molecule has 0 fully saturated rings. The maximum absolute atomic E-state index is 12.5. The number of nitrogens with zero attached hydrogens (tertiary/aromatic N) is 4. The molecule has 2 aromatic rings. The van der Waals surface area contributed by atoms with E-state index in [9.17, 15) is 9.59 Å². The van der Waals surface area contributed by atoms with Gasteiger partial charge in [0.05, 0.1) is 5.69 Å². The maximum atomic E-state index is 12.5. The van der Waals surface area contributed by atoms with Gasteiger partial charge < -0.3 is 10.2 Å². The van der Waals surface area contributed by atoms with Crippen LogP contribution in [0.25, 0.3) is 0 Å². The Kier molecular flexibility index (Phi) is 5.88. The summed E-state index contributed by atoms with van der Waals surface area (Å²) in [7, 11) is 0. The maximum Gasteiger partial charge on any atom is 0.267 e. The van der Waals surface area contributed by atoms with Crippen LogP contribution < -0.4 is 15.8 Å². The Hall–Kier alpha value is -2.70. The number of aryl methyl sites for hydroxylation is 2. The number of hydrogen-bond acceptors (Lipinski definition) is 5. The number of amides is 1. The predicted octanol–water partition coefficient (Wildman–Crippen LogP) is 1.85. The van der Waals surface area contributed by atoms with Crippen molar-refractivity contribution in [1.29, 1.82) is 0 Å². The molecule has 3 rings (SSSR count). The van der Waals surface area contributed by atoms with Gasteiger partial charge in [0, 0.05) is 31.9 Å². The van der Waals surface area contributed by atoms with Crippen LogP contribution in [0.4, 0.5) is 5.82 Å². The second-order valence-electron chi connectivity index (χ2n) is 6.84. The van der Waals surface area contributed by atoms with Crippen molar-refractivity contribution in [2.24, 2.45) is 0 Å². The first-order valence-corrected chi connectivity index (χ1v) is 9.62. The van der Waals surface area contributed by atoms with Gasteiger partial charge in [-0.1, -0.05) is 6.07 Å². The summed E-state index contributed by atoms with van der Waals surface area (Å²) in [5, 5.41) is 7.28. The van der Waals surface area contributed by atoms with Gasteiger partial charge in [-0.3, -0.25) is 9.59 Å². The van der Waals surface area contributed by atoms with Crippen LogP contribution in [0.2, 0.25) is 0 Å². The van der Waals surface area contributed by atoms with Gasteiger partial charge in [0.2, 0.25) is 5.91 Å². The van der Waals surface area contributed by atoms with E-state index < -0.39 is 6.04 Å². The molecule has 0 radical (unpaired) electrons. The Bertz CT molecular complexity index is 856. The Morgan fingerprint density at radius 2 is 2.07 bits per heavy atom. The average Bonchev–Trinajstić information content (AvgIpc) is 3.14. The summed E-state index contributed by atoms with van der Waals surface area (Å²) >= 11 is 0. The van der Waals surface area contributed by atoms with Gasteiger partial charge >= 0.3 is 0 Å². The molecule has 2 aromatic heterocycles. The van der Waals surface area contributed by atoms with Crippen LogP contribution in [0.15, 0.2) is 29.2 Å². The molecule has 0 spiro atoms. The molecule has 1 atom stereocenters. The number of carbonyl (C=O) groups is 1.